The highest BCUT2D eigenvalue weighted by Crippen LogP contribution is 2.07. The normalized spacial score (nSPS) is 22.8. The molecule has 2 rings (SSSR count). The van der Waals surface area contributed by atoms with Gasteiger partial charge in [-0.15, -0.1) is 0 Å². The van der Waals surface area contributed by atoms with Crippen molar-refractivity contribution in [2.24, 2.45) is 0 Å². The third-order valence-electron chi connectivity index (χ3n) is 4.33. The summed E-state index contributed by atoms with van der Waals surface area (Å²) in [4.78, 5) is 45.6. The molecule has 0 spiro atoms. The molecule has 2 heterocycles. The minimum atomic E-state index is -0.371. The van der Waals surface area contributed by atoms with E-state index in [4.69, 9.17) is 0 Å². The summed E-state index contributed by atoms with van der Waals surface area (Å²) in [5.41, 5.74) is 0. The van der Waals surface area contributed by atoms with E-state index in [-0.39, 0.29) is 35.7 Å². The zero-order valence-electron chi connectivity index (χ0n) is 13.9. The number of carbonyl (C=O) groups is 4. The van der Waals surface area contributed by atoms with Crippen LogP contribution >= 0.6 is 0 Å². The highest BCUT2D eigenvalue weighted by molar-refractivity contribution is 5.91. The van der Waals surface area contributed by atoms with Crippen molar-refractivity contribution in [3.05, 3.63) is 0 Å². The maximum atomic E-state index is 11.7. The highest BCUT2D eigenvalue weighted by atomic mass is 16.2. The minimum Gasteiger partial charge on any atom is -0.354 e. The molecule has 0 aromatic heterocycles. The Hall–Kier alpha value is -2.12. The van der Waals surface area contributed by atoms with Crippen LogP contribution in [-0.4, -0.2) is 48.8 Å². The first-order chi connectivity index (χ1) is 11.6. The first-order valence-electron chi connectivity index (χ1n) is 8.70. The van der Waals surface area contributed by atoms with Crippen molar-refractivity contribution in [2.75, 3.05) is 13.1 Å². The molecule has 2 aliphatic rings. The van der Waals surface area contributed by atoms with Crippen molar-refractivity contribution in [3.63, 3.8) is 0 Å². The Morgan fingerprint density at radius 2 is 1.21 bits per heavy atom. The van der Waals surface area contributed by atoms with Gasteiger partial charge in [-0.05, 0) is 25.7 Å². The van der Waals surface area contributed by atoms with E-state index in [1.54, 1.807) is 0 Å². The van der Waals surface area contributed by atoms with Crippen LogP contribution in [0.3, 0.4) is 0 Å². The number of nitrogens with one attached hydrogen (secondary N) is 4. The first kappa shape index (κ1) is 18.2. The predicted molar refractivity (Wildman–Crippen MR) is 86.8 cm³/mol. The van der Waals surface area contributed by atoms with E-state index in [1.165, 1.54) is 0 Å². The minimum absolute atomic E-state index is 0.0608. The van der Waals surface area contributed by atoms with Crippen molar-refractivity contribution in [1.29, 1.82) is 0 Å². The summed E-state index contributed by atoms with van der Waals surface area (Å²) >= 11 is 0. The molecule has 8 heteroatoms. The lowest BCUT2D eigenvalue weighted by Gasteiger charge is -2.11. The summed E-state index contributed by atoms with van der Waals surface area (Å²) in [5.74, 6) is -0.331. The van der Waals surface area contributed by atoms with E-state index in [2.05, 4.69) is 21.3 Å². The van der Waals surface area contributed by atoms with Gasteiger partial charge in [0.15, 0.2) is 0 Å². The molecule has 4 amide bonds. The third-order valence-corrected chi connectivity index (χ3v) is 4.33. The summed E-state index contributed by atoms with van der Waals surface area (Å²) in [7, 11) is 0. The number of carbonyl (C=O) groups excluding carboxylic acids is 4. The van der Waals surface area contributed by atoms with Gasteiger partial charge in [0, 0.05) is 25.9 Å². The monoisotopic (exact) mass is 338 g/mol. The molecular weight excluding hydrogens is 312 g/mol. The van der Waals surface area contributed by atoms with Crippen LogP contribution in [-0.2, 0) is 19.2 Å². The van der Waals surface area contributed by atoms with Crippen molar-refractivity contribution >= 4 is 23.6 Å². The van der Waals surface area contributed by atoms with E-state index in [0.717, 1.165) is 25.7 Å². The van der Waals surface area contributed by atoms with Crippen molar-refractivity contribution in [3.8, 4) is 0 Å². The summed E-state index contributed by atoms with van der Waals surface area (Å²) in [6.45, 7) is 1.21. The van der Waals surface area contributed by atoms with Crippen LogP contribution in [0.15, 0.2) is 0 Å². The lowest BCUT2D eigenvalue weighted by Crippen LogP contribution is -2.42. The fourth-order valence-electron chi connectivity index (χ4n) is 2.89. The molecule has 2 aliphatic heterocycles. The van der Waals surface area contributed by atoms with E-state index in [0.29, 0.717) is 38.8 Å². The van der Waals surface area contributed by atoms with Gasteiger partial charge in [-0.25, -0.2) is 0 Å². The quantitative estimate of drug-likeness (QED) is 0.417. The van der Waals surface area contributed by atoms with Crippen LogP contribution < -0.4 is 21.3 Å². The first-order valence-corrected chi connectivity index (χ1v) is 8.70. The molecular formula is C16H26N4O4. The van der Waals surface area contributed by atoms with Gasteiger partial charge >= 0.3 is 0 Å². The predicted octanol–water partition coefficient (Wildman–Crippen LogP) is -0.664. The fraction of sp³-hybridized carbons (Fsp3) is 0.750. The lowest BCUT2D eigenvalue weighted by atomic mass is 10.1. The second kappa shape index (κ2) is 9.24. The zero-order chi connectivity index (χ0) is 17.4. The molecule has 0 unspecified atom stereocenters. The highest BCUT2D eigenvalue weighted by Gasteiger charge is 2.27. The molecule has 0 bridgehead atoms. The van der Waals surface area contributed by atoms with Crippen LogP contribution in [0.5, 0.6) is 0 Å². The molecule has 2 saturated heterocycles. The van der Waals surface area contributed by atoms with Gasteiger partial charge in [-0.1, -0.05) is 12.8 Å². The van der Waals surface area contributed by atoms with Gasteiger partial charge in [0.1, 0.15) is 12.1 Å². The molecule has 8 nitrogen and oxygen atoms in total. The Morgan fingerprint density at radius 3 is 1.54 bits per heavy atom. The number of amides is 4. The zero-order valence-corrected chi connectivity index (χ0v) is 13.9. The van der Waals surface area contributed by atoms with Gasteiger partial charge in [0.2, 0.25) is 23.6 Å². The van der Waals surface area contributed by atoms with E-state index in [9.17, 15) is 19.2 Å². The molecule has 0 aliphatic carbocycles. The molecule has 0 aromatic rings. The molecule has 0 radical (unpaired) electrons. The standard InChI is InChI=1S/C16H26N4O4/c21-13-7-5-11(19-13)15(23)17-9-3-1-2-4-10-18-16(24)12-6-8-14(22)20-12/h11-12H,1-10H2,(H,17,23)(H,18,24)(H,19,21)(H,20,22)/t11-,12-/m0/s1. The van der Waals surface area contributed by atoms with Crippen molar-refractivity contribution in [2.45, 2.75) is 63.5 Å². The topological polar surface area (TPSA) is 116 Å². The van der Waals surface area contributed by atoms with Crippen LogP contribution in [0.25, 0.3) is 0 Å². The van der Waals surface area contributed by atoms with Gasteiger partial charge in [0.25, 0.3) is 0 Å². The third kappa shape index (κ3) is 5.82. The van der Waals surface area contributed by atoms with Crippen LogP contribution in [0, 0.1) is 0 Å². The van der Waals surface area contributed by atoms with E-state index >= 15 is 0 Å². The summed E-state index contributed by atoms with van der Waals surface area (Å²) in [6.07, 6.45) is 5.68. The van der Waals surface area contributed by atoms with E-state index < -0.39 is 0 Å². The molecule has 0 saturated carbocycles. The Kier molecular flexibility index (Phi) is 7.02. The Balaban J connectivity index is 1.41. The lowest BCUT2D eigenvalue weighted by molar-refractivity contribution is -0.125. The maximum absolute atomic E-state index is 11.7. The van der Waals surface area contributed by atoms with Crippen LogP contribution in [0.2, 0.25) is 0 Å². The van der Waals surface area contributed by atoms with Gasteiger partial charge in [-0.2, -0.15) is 0 Å². The Labute approximate surface area is 141 Å². The number of hydrogen-bond acceptors (Lipinski definition) is 4. The van der Waals surface area contributed by atoms with E-state index in [1.807, 2.05) is 0 Å². The second-order valence-corrected chi connectivity index (χ2v) is 6.31. The summed E-state index contributed by atoms with van der Waals surface area (Å²) < 4.78 is 0. The average molecular weight is 338 g/mol. The van der Waals surface area contributed by atoms with Gasteiger partial charge < -0.3 is 21.3 Å². The number of rotatable bonds is 9. The number of unbranched alkanes of at least 4 members (excludes halogenated alkanes) is 3. The van der Waals surface area contributed by atoms with Crippen LogP contribution in [0.1, 0.15) is 51.4 Å². The van der Waals surface area contributed by atoms with Gasteiger partial charge in [0.05, 0.1) is 0 Å². The second-order valence-electron chi connectivity index (χ2n) is 6.31. The van der Waals surface area contributed by atoms with Crippen molar-refractivity contribution in [1.82, 2.24) is 21.3 Å². The molecule has 4 N–H and O–H groups in total. The SMILES string of the molecule is O=C1CC[C@@H](C(=O)NCCCCCCNC(=O)[C@@H]2CCC(=O)N2)N1. The molecule has 2 fully saturated rings. The van der Waals surface area contributed by atoms with Gasteiger partial charge in [-0.3, -0.25) is 19.2 Å². The largest absolute Gasteiger partial charge is 0.354 e. The Morgan fingerprint density at radius 1 is 0.792 bits per heavy atom. The fourth-order valence-corrected chi connectivity index (χ4v) is 2.89. The Bertz CT molecular complexity index is 450. The number of hydrogen-bond donors (Lipinski definition) is 4. The summed E-state index contributed by atoms with van der Waals surface area (Å²) in [5, 5.41) is 10.9. The maximum Gasteiger partial charge on any atom is 0.242 e. The van der Waals surface area contributed by atoms with Crippen LogP contribution in [0.4, 0.5) is 0 Å². The smallest absolute Gasteiger partial charge is 0.242 e. The molecule has 2 atom stereocenters. The molecule has 134 valence electrons. The van der Waals surface area contributed by atoms with Crippen molar-refractivity contribution < 1.29 is 19.2 Å². The average Bonchev–Trinajstić information content (AvgIpc) is 3.18. The summed E-state index contributed by atoms with van der Waals surface area (Å²) in [6, 6.07) is -0.743. The molecule has 0 aromatic carbocycles. The molecule has 24 heavy (non-hydrogen) atoms.